The summed E-state index contributed by atoms with van der Waals surface area (Å²) in [4.78, 5) is 13.3. The summed E-state index contributed by atoms with van der Waals surface area (Å²) in [7, 11) is -3.35. The second-order valence-corrected chi connectivity index (χ2v) is 9.95. The number of piperazine rings is 1. The number of para-hydroxylation sites is 2. The van der Waals surface area contributed by atoms with E-state index < -0.39 is 9.84 Å². The molecule has 1 fully saturated rings. The minimum atomic E-state index is -3.35. The van der Waals surface area contributed by atoms with Crippen LogP contribution in [0.5, 0.6) is 0 Å². The van der Waals surface area contributed by atoms with E-state index in [-0.39, 0.29) is 5.16 Å². The molecule has 29 heavy (non-hydrogen) atoms. The lowest BCUT2D eigenvalue weighted by Crippen LogP contribution is -2.46. The number of imidazole rings is 1. The summed E-state index contributed by atoms with van der Waals surface area (Å²) in [5.41, 5.74) is 2.61. The molecule has 0 aliphatic carbocycles. The molecule has 0 unspecified atom stereocenters. The van der Waals surface area contributed by atoms with Crippen LogP contribution in [0.2, 0.25) is 0 Å². The van der Waals surface area contributed by atoms with Crippen LogP contribution in [0, 0.1) is 5.92 Å². The maximum atomic E-state index is 12.1. The Morgan fingerprint density at radius 2 is 1.86 bits per heavy atom. The maximum absolute atomic E-state index is 12.1. The molecular formula is C20H27N5O3S. The normalized spacial score (nSPS) is 16.2. The fourth-order valence-corrected chi connectivity index (χ4v) is 4.53. The molecule has 9 heteroatoms. The third-order valence-corrected chi connectivity index (χ3v) is 6.08. The molecule has 156 valence electrons. The molecule has 0 radical (unpaired) electrons. The second-order valence-electron chi connectivity index (χ2n) is 8.04. The van der Waals surface area contributed by atoms with Crippen LogP contribution in [0.25, 0.3) is 11.1 Å². The number of benzene rings is 1. The number of anilines is 1. The van der Waals surface area contributed by atoms with Crippen molar-refractivity contribution in [3.8, 4) is 0 Å². The van der Waals surface area contributed by atoms with Crippen molar-refractivity contribution in [1.29, 1.82) is 0 Å². The molecule has 4 rings (SSSR count). The lowest BCUT2D eigenvalue weighted by Gasteiger charge is -2.33. The van der Waals surface area contributed by atoms with Gasteiger partial charge < -0.3 is 13.9 Å². The molecule has 1 aromatic carbocycles. The van der Waals surface area contributed by atoms with E-state index >= 15 is 0 Å². The van der Waals surface area contributed by atoms with E-state index in [0.29, 0.717) is 25.0 Å². The van der Waals surface area contributed by atoms with Crippen molar-refractivity contribution in [3.05, 3.63) is 36.2 Å². The molecule has 0 N–H and O–H groups in total. The third-order valence-electron chi connectivity index (χ3n) is 5.09. The first kappa shape index (κ1) is 19.9. The van der Waals surface area contributed by atoms with Crippen LogP contribution in [0.15, 0.2) is 40.0 Å². The SMILES string of the molecule is CC(C)Cn1c(CN2CCN(c3nc4ccccc4o3)CC2)cnc1S(C)(=O)=O. The smallest absolute Gasteiger partial charge is 0.298 e. The van der Waals surface area contributed by atoms with Gasteiger partial charge in [-0.05, 0) is 18.1 Å². The highest BCUT2D eigenvalue weighted by Gasteiger charge is 2.24. The predicted octanol–water partition coefficient (Wildman–Crippen LogP) is 2.41. The Morgan fingerprint density at radius 3 is 2.52 bits per heavy atom. The number of hydrogen-bond acceptors (Lipinski definition) is 7. The van der Waals surface area contributed by atoms with Crippen LogP contribution in [0.4, 0.5) is 6.01 Å². The number of oxazole rings is 1. The third kappa shape index (κ3) is 4.30. The van der Waals surface area contributed by atoms with E-state index in [1.54, 1.807) is 6.20 Å². The zero-order chi connectivity index (χ0) is 20.6. The summed E-state index contributed by atoms with van der Waals surface area (Å²) >= 11 is 0. The summed E-state index contributed by atoms with van der Waals surface area (Å²) in [5, 5.41) is 0.159. The number of rotatable bonds is 6. The zero-order valence-electron chi connectivity index (χ0n) is 17.1. The van der Waals surface area contributed by atoms with Crippen molar-refractivity contribution in [2.24, 2.45) is 5.92 Å². The summed E-state index contributed by atoms with van der Waals surface area (Å²) in [6, 6.07) is 8.44. The quantitative estimate of drug-likeness (QED) is 0.609. The monoisotopic (exact) mass is 417 g/mol. The Balaban J connectivity index is 1.45. The number of fused-ring (bicyclic) bond motifs is 1. The van der Waals surface area contributed by atoms with E-state index in [4.69, 9.17) is 4.42 Å². The molecule has 1 aliphatic heterocycles. The molecule has 0 bridgehead atoms. The van der Waals surface area contributed by atoms with Crippen molar-refractivity contribution in [3.63, 3.8) is 0 Å². The minimum absolute atomic E-state index is 0.159. The second kappa shape index (κ2) is 7.79. The van der Waals surface area contributed by atoms with Crippen molar-refractivity contribution in [2.45, 2.75) is 32.1 Å². The summed E-state index contributed by atoms with van der Waals surface area (Å²) < 4.78 is 31.9. The van der Waals surface area contributed by atoms with Gasteiger partial charge in [0.1, 0.15) is 5.52 Å². The zero-order valence-corrected chi connectivity index (χ0v) is 17.9. The van der Waals surface area contributed by atoms with Crippen LogP contribution in [-0.2, 0) is 22.9 Å². The van der Waals surface area contributed by atoms with Gasteiger partial charge in [-0.3, -0.25) is 4.90 Å². The topological polar surface area (TPSA) is 84.5 Å². The van der Waals surface area contributed by atoms with Gasteiger partial charge in [-0.2, -0.15) is 4.98 Å². The fourth-order valence-electron chi connectivity index (χ4n) is 3.70. The number of aromatic nitrogens is 3. The van der Waals surface area contributed by atoms with E-state index in [0.717, 1.165) is 43.0 Å². The Morgan fingerprint density at radius 1 is 1.14 bits per heavy atom. The van der Waals surface area contributed by atoms with Gasteiger partial charge in [-0.15, -0.1) is 0 Å². The molecule has 3 heterocycles. The fraction of sp³-hybridized carbons (Fsp3) is 0.500. The molecule has 1 saturated heterocycles. The molecule has 3 aromatic rings. The molecule has 0 atom stereocenters. The molecule has 8 nitrogen and oxygen atoms in total. The molecule has 0 saturated carbocycles. The van der Waals surface area contributed by atoms with Crippen LogP contribution in [0.1, 0.15) is 19.5 Å². The largest absolute Gasteiger partial charge is 0.423 e. The Bertz CT molecular complexity index is 1060. The molecular weight excluding hydrogens is 390 g/mol. The van der Waals surface area contributed by atoms with Gasteiger partial charge in [0.15, 0.2) is 5.58 Å². The van der Waals surface area contributed by atoms with Crippen LogP contribution in [0.3, 0.4) is 0 Å². The van der Waals surface area contributed by atoms with Gasteiger partial charge in [0, 0.05) is 45.5 Å². The van der Waals surface area contributed by atoms with Gasteiger partial charge in [-0.25, -0.2) is 13.4 Å². The van der Waals surface area contributed by atoms with Gasteiger partial charge in [0.05, 0.1) is 11.9 Å². The molecule has 0 amide bonds. The summed E-state index contributed by atoms with van der Waals surface area (Å²) in [6.07, 6.45) is 2.92. The highest BCUT2D eigenvalue weighted by molar-refractivity contribution is 7.90. The highest BCUT2D eigenvalue weighted by atomic mass is 32.2. The van der Waals surface area contributed by atoms with Crippen LogP contribution >= 0.6 is 0 Å². The minimum Gasteiger partial charge on any atom is -0.423 e. The Labute approximate surface area is 171 Å². The number of nitrogens with zero attached hydrogens (tertiary/aromatic N) is 5. The first-order chi connectivity index (χ1) is 13.8. The highest BCUT2D eigenvalue weighted by Crippen LogP contribution is 2.23. The van der Waals surface area contributed by atoms with E-state index in [1.807, 2.05) is 28.8 Å². The van der Waals surface area contributed by atoms with E-state index in [9.17, 15) is 8.42 Å². The van der Waals surface area contributed by atoms with Crippen molar-refractivity contribution < 1.29 is 12.8 Å². The van der Waals surface area contributed by atoms with Gasteiger partial charge >= 0.3 is 0 Å². The molecule has 2 aromatic heterocycles. The van der Waals surface area contributed by atoms with Gasteiger partial charge in [0.25, 0.3) is 6.01 Å². The van der Waals surface area contributed by atoms with E-state index in [1.165, 1.54) is 6.26 Å². The molecule has 0 spiro atoms. The Hall–Kier alpha value is -2.39. The maximum Gasteiger partial charge on any atom is 0.298 e. The first-order valence-corrected chi connectivity index (χ1v) is 11.8. The van der Waals surface area contributed by atoms with Crippen molar-refractivity contribution in [1.82, 2.24) is 19.4 Å². The number of hydrogen-bond donors (Lipinski definition) is 0. The van der Waals surface area contributed by atoms with Crippen molar-refractivity contribution >= 4 is 27.0 Å². The average Bonchev–Trinajstić information content (AvgIpc) is 3.26. The van der Waals surface area contributed by atoms with E-state index in [2.05, 4.69) is 33.6 Å². The number of sulfone groups is 1. The Kier molecular flexibility index (Phi) is 5.35. The summed E-state index contributed by atoms with van der Waals surface area (Å²) in [5.74, 6) is 0.333. The van der Waals surface area contributed by atoms with Crippen LogP contribution < -0.4 is 4.90 Å². The average molecular weight is 418 g/mol. The van der Waals surface area contributed by atoms with Gasteiger partial charge in [0.2, 0.25) is 15.0 Å². The summed E-state index contributed by atoms with van der Waals surface area (Å²) in [6.45, 7) is 8.79. The lowest BCUT2D eigenvalue weighted by molar-refractivity contribution is 0.237. The van der Waals surface area contributed by atoms with Crippen LogP contribution in [-0.4, -0.2) is 60.3 Å². The molecule has 1 aliphatic rings. The van der Waals surface area contributed by atoms with Crippen molar-refractivity contribution in [2.75, 3.05) is 37.3 Å². The first-order valence-electron chi connectivity index (χ1n) is 9.88. The standard InChI is InChI=1S/C20H27N5O3S/c1-15(2)13-25-16(12-21-20(25)29(3,26)27)14-23-8-10-24(11-9-23)19-22-17-6-4-5-7-18(17)28-19/h4-7,12,15H,8-11,13-14H2,1-3H3. The van der Waals surface area contributed by atoms with Gasteiger partial charge in [-0.1, -0.05) is 26.0 Å². The lowest BCUT2D eigenvalue weighted by atomic mass is 10.2. The predicted molar refractivity (Wildman–Crippen MR) is 112 cm³/mol.